The fourth-order valence-electron chi connectivity index (χ4n) is 0.580. The Morgan fingerprint density at radius 2 is 1.31 bits per heavy atom. The Bertz CT molecular complexity index is 235. The number of rotatable bonds is 2. The van der Waals surface area contributed by atoms with E-state index in [-0.39, 0.29) is 0 Å². The summed E-state index contributed by atoms with van der Waals surface area (Å²) >= 11 is 3.74. The highest BCUT2D eigenvalue weighted by Crippen LogP contribution is 2.64. The molecule has 1 nitrogen and oxygen atoms in total. The summed E-state index contributed by atoms with van der Waals surface area (Å²) in [4.78, 5) is 0. The van der Waals surface area contributed by atoms with Gasteiger partial charge in [0.25, 0.3) is 0 Å². The van der Waals surface area contributed by atoms with Crippen molar-refractivity contribution in [3.05, 3.63) is 0 Å². The van der Waals surface area contributed by atoms with Crippen LogP contribution in [0.15, 0.2) is 0 Å². The van der Waals surface area contributed by atoms with Crippen LogP contribution in [0.2, 0.25) is 0 Å². The third-order valence-corrected chi connectivity index (χ3v) is 1.60. The molecule has 0 aliphatic carbocycles. The van der Waals surface area contributed by atoms with Crippen molar-refractivity contribution >= 4 is 11.6 Å². The van der Waals surface area contributed by atoms with Crippen LogP contribution in [0.5, 0.6) is 0 Å². The standard InChI is InChI=1S/C4ClF7O/c5-3(9,10)1(6,7)2(8)4(11,12)13-2/t2-/m1/s1. The van der Waals surface area contributed by atoms with Gasteiger partial charge in [-0.3, -0.25) is 4.74 Å². The molecule has 0 bridgehead atoms. The molecule has 1 rings (SSSR count). The minimum atomic E-state index is -5.79. The average molecular weight is 232 g/mol. The van der Waals surface area contributed by atoms with E-state index in [9.17, 15) is 30.7 Å². The summed E-state index contributed by atoms with van der Waals surface area (Å²) in [6, 6.07) is 0. The maximum absolute atomic E-state index is 12.3. The van der Waals surface area contributed by atoms with Crippen LogP contribution in [0, 0.1) is 0 Å². The van der Waals surface area contributed by atoms with E-state index in [1.54, 1.807) is 0 Å². The molecular weight excluding hydrogens is 232 g/mol. The molecule has 0 N–H and O–H groups in total. The van der Waals surface area contributed by atoms with Crippen LogP contribution in [-0.2, 0) is 4.74 Å². The van der Waals surface area contributed by atoms with E-state index >= 15 is 0 Å². The van der Waals surface area contributed by atoms with Crippen molar-refractivity contribution < 1.29 is 35.5 Å². The Morgan fingerprint density at radius 3 is 1.38 bits per heavy atom. The summed E-state index contributed by atoms with van der Waals surface area (Å²) in [6.07, 6.45) is -4.94. The van der Waals surface area contributed by atoms with Crippen LogP contribution in [0.1, 0.15) is 0 Å². The van der Waals surface area contributed by atoms with Gasteiger partial charge in [0.15, 0.2) is 0 Å². The maximum atomic E-state index is 12.3. The predicted molar refractivity (Wildman–Crippen MR) is 25.6 cm³/mol. The highest BCUT2D eigenvalue weighted by molar-refractivity contribution is 6.22. The summed E-state index contributed by atoms with van der Waals surface area (Å²) in [5, 5.41) is -5.44. The number of halogens is 8. The van der Waals surface area contributed by atoms with Gasteiger partial charge in [0.2, 0.25) is 0 Å². The second kappa shape index (κ2) is 2.22. The lowest BCUT2D eigenvalue weighted by atomic mass is 10.2. The Balaban J connectivity index is 2.97. The van der Waals surface area contributed by atoms with E-state index in [0.717, 1.165) is 0 Å². The third kappa shape index (κ3) is 1.18. The highest BCUT2D eigenvalue weighted by atomic mass is 35.5. The van der Waals surface area contributed by atoms with Crippen LogP contribution >= 0.6 is 11.6 Å². The van der Waals surface area contributed by atoms with Gasteiger partial charge in [-0.2, -0.15) is 30.7 Å². The van der Waals surface area contributed by atoms with Gasteiger partial charge in [0, 0.05) is 0 Å². The first-order valence-electron chi connectivity index (χ1n) is 2.67. The zero-order chi connectivity index (χ0) is 10.7. The molecule has 0 aromatic carbocycles. The molecule has 1 heterocycles. The number of hydrogen-bond acceptors (Lipinski definition) is 1. The van der Waals surface area contributed by atoms with Crippen molar-refractivity contribution in [3.63, 3.8) is 0 Å². The van der Waals surface area contributed by atoms with Gasteiger partial charge < -0.3 is 0 Å². The molecule has 0 aromatic heterocycles. The Hall–Kier alpha value is -0.240. The molecule has 1 saturated heterocycles. The van der Waals surface area contributed by atoms with Crippen molar-refractivity contribution in [1.29, 1.82) is 0 Å². The molecular formula is C4ClF7O. The molecule has 1 atom stereocenters. The van der Waals surface area contributed by atoms with Crippen LogP contribution in [0.3, 0.4) is 0 Å². The van der Waals surface area contributed by atoms with Gasteiger partial charge in [-0.15, -0.1) is 0 Å². The lowest BCUT2D eigenvalue weighted by Crippen LogP contribution is -2.49. The van der Waals surface area contributed by atoms with Gasteiger partial charge in [0.05, 0.1) is 0 Å². The summed E-state index contributed by atoms with van der Waals surface area (Å²) < 4.78 is 86.1. The topological polar surface area (TPSA) is 12.5 Å². The van der Waals surface area contributed by atoms with Crippen molar-refractivity contribution in [3.8, 4) is 0 Å². The molecule has 0 saturated carbocycles. The molecule has 1 aliphatic heterocycles. The zero-order valence-corrected chi connectivity index (χ0v) is 6.19. The second-order valence-corrected chi connectivity index (χ2v) is 2.76. The van der Waals surface area contributed by atoms with Crippen LogP contribution < -0.4 is 0 Å². The van der Waals surface area contributed by atoms with Gasteiger partial charge in [0.1, 0.15) is 0 Å². The van der Waals surface area contributed by atoms with Gasteiger partial charge >= 0.3 is 23.3 Å². The average Bonchev–Trinajstić information content (AvgIpc) is 2.31. The molecule has 1 aliphatic rings. The summed E-state index contributed by atoms with van der Waals surface area (Å²) in [5.41, 5.74) is 0. The van der Waals surface area contributed by atoms with E-state index in [1.165, 1.54) is 0 Å². The third-order valence-electron chi connectivity index (χ3n) is 1.36. The van der Waals surface area contributed by atoms with Crippen molar-refractivity contribution in [2.45, 2.75) is 23.3 Å². The first-order valence-corrected chi connectivity index (χ1v) is 3.05. The summed E-state index contributed by atoms with van der Waals surface area (Å²) in [5.74, 6) is -10.8. The Kier molecular flexibility index (Phi) is 1.85. The van der Waals surface area contributed by atoms with Crippen molar-refractivity contribution in [2.24, 2.45) is 0 Å². The van der Waals surface area contributed by atoms with Crippen molar-refractivity contribution in [1.82, 2.24) is 0 Å². The lowest BCUT2D eigenvalue weighted by molar-refractivity contribution is -0.236. The number of hydrogen-bond donors (Lipinski definition) is 0. The highest BCUT2D eigenvalue weighted by Gasteiger charge is 2.93. The molecule has 13 heavy (non-hydrogen) atoms. The molecule has 0 amide bonds. The van der Waals surface area contributed by atoms with Gasteiger partial charge in [-0.1, -0.05) is 0 Å². The number of epoxide rings is 1. The lowest BCUT2D eigenvalue weighted by Gasteiger charge is -2.21. The molecule has 9 heteroatoms. The molecule has 0 aromatic rings. The quantitative estimate of drug-likeness (QED) is 0.405. The largest absolute Gasteiger partial charge is 0.424 e. The first kappa shape index (κ1) is 10.8. The molecule has 0 spiro atoms. The second-order valence-electron chi connectivity index (χ2n) is 2.29. The van der Waals surface area contributed by atoms with E-state index in [4.69, 9.17) is 0 Å². The minimum absolute atomic E-state index is 2.57. The fraction of sp³-hybridized carbons (Fsp3) is 1.00. The van der Waals surface area contributed by atoms with Crippen LogP contribution in [-0.4, -0.2) is 23.3 Å². The van der Waals surface area contributed by atoms with E-state index in [1.807, 2.05) is 0 Å². The minimum Gasteiger partial charge on any atom is -0.265 e. The molecule has 1 fully saturated rings. The monoisotopic (exact) mass is 232 g/mol. The van der Waals surface area contributed by atoms with Crippen molar-refractivity contribution in [2.75, 3.05) is 0 Å². The zero-order valence-electron chi connectivity index (χ0n) is 5.43. The fourth-order valence-corrected chi connectivity index (χ4v) is 0.702. The maximum Gasteiger partial charge on any atom is 0.424 e. The van der Waals surface area contributed by atoms with Gasteiger partial charge in [-0.05, 0) is 11.6 Å². The number of ether oxygens (including phenoxy) is 1. The number of alkyl halides is 8. The van der Waals surface area contributed by atoms with E-state index in [0.29, 0.717) is 0 Å². The molecule has 78 valence electrons. The van der Waals surface area contributed by atoms with E-state index < -0.39 is 23.3 Å². The first-order chi connectivity index (χ1) is 5.46. The van der Waals surface area contributed by atoms with Gasteiger partial charge in [-0.25, -0.2) is 0 Å². The molecule has 0 radical (unpaired) electrons. The summed E-state index contributed by atoms with van der Waals surface area (Å²) in [6.45, 7) is 0. The smallest absolute Gasteiger partial charge is 0.265 e. The Morgan fingerprint density at radius 1 is 1.00 bits per heavy atom. The summed E-state index contributed by atoms with van der Waals surface area (Å²) in [7, 11) is 0. The van der Waals surface area contributed by atoms with Crippen LogP contribution in [0.25, 0.3) is 0 Å². The van der Waals surface area contributed by atoms with E-state index in [2.05, 4.69) is 16.3 Å². The van der Waals surface area contributed by atoms with Crippen LogP contribution in [0.4, 0.5) is 30.7 Å². The SMILES string of the molecule is FC(F)(Cl)C(F)(F)[C@@]1(F)OC1(F)F. The predicted octanol–water partition coefficient (Wildman–Crippen LogP) is 2.74. The Labute approximate surface area is 71.4 Å². The molecule has 0 unspecified atom stereocenters. The normalized spacial score (nSPS) is 33.2.